The molecule has 1 aliphatic heterocycles. The highest BCUT2D eigenvalue weighted by Gasteiger charge is 2.25. The second-order valence-corrected chi connectivity index (χ2v) is 8.27. The SMILES string of the molecule is COc1ccc(NC(=O)CN2CCC(C(=O)NCCc3ccc(Cl)cc3)CC2)cc1OC. The number of nitrogens with zero attached hydrogens (tertiary/aromatic N) is 1. The number of ether oxygens (including phenoxy) is 2. The van der Waals surface area contributed by atoms with E-state index in [2.05, 4.69) is 15.5 Å². The minimum Gasteiger partial charge on any atom is -0.493 e. The van der Waals surface area contributed by atoms with E-state index in [1.807, 2.05) is 24.3 Å². The summed E-state index contributed by atoms with van der Waals surface area (Å²) in [7, 11) is 3.13. The molecule has 0 bridgehead atoms. The lowest BCUT2D eigenvalue weighted by molar-refractivity contribution is -0.126. The Morgan fingerprint density at radius 1 is 1.03 bits per heavy atom. The van der Waals surface area contributed by atoms with E-state index in [0.29, 0.717) is 48.4 Å². The first-order valence-electron chi connectivity index (χ1n) is 10.7. The van der Waals surface area contributed by atoms with Crippen molar-refractivity contribution in [2.75, 3.05) is 45.7 Å². The maximum absolute atomic E-state index is 12.5. The standard InChI is InChI=1S/C24H30ClN3O4/c1-31-21-8-7-20(15-22(21)32-2)27-23(29)16-28-13-10-18(11-14-28)24(30)26-12-9-17-3-5-19(25)6-4-17/h3-8,15,18H,9-14,16H2,1-2H3,(H,26,30)(H,27,29). The van der Waals surface area contributed by atoms with Gasteiger partial charge in [-0.1, -0.05) is 23.7 Å². The summed E-state index contributed by atoms with van der Waals surface area (Å²) >= 11 is 5.90. The van der Waals surface area contributed by atoms with Gasteiger partial charge < -0.3 is 20.1 Å². The molecule has 172 valence electrons. The summed E-state index contributed by atoms with van der Waals surface area (Å²) in [5.74, 6) is 1.16. The van der Waals surface area contributed by atoms with Gasteiger partial charge in [0.15, 0.2) is 11.5 Å². The number of hydrogen-bond acceptors (Lipinski definition) is 5. The zero-order chi connectivity index (χ0) is 22.9. The van der Waals surface area contributed by atoms with Crippen molar-refractivity contribution in [2.24, 2.45) is 5.92 Å². The highest BCUT2D eigenvalue weighted by molar-refractivity contribution is 6.30. The van der Waals surface area contributed by atoms with Crippen molar-refractivity contribution in [2.45, 2.75) is 19.3 Å². The molecule has 2 amide bonds. The number of amides is 2. The fraction of sp³-hybridized carbons (Fsp3) is 0.417. The van der Waals surface area contributed by atoms with Crippen molar-refractivity contribution in [3.05, 3.63) is 53.1 Å². The van der Waals surface area contributed by atoms with E-state index in [4.69, 9.17) is 21.1 Å². The molecule has 2 aromatic carbocycles. The zero-order valence-electron chi connectivity index (χ0n) is 18.5. The molecular formula is C24H30ClN3O4. The van der Waals surface area contributed by atoms with Gasteiger partial charge in [-0.3, -0.25) is 14.5 Å². The number of carbonyl (C=O) groups is 2. The molecular weight excluding hydrogens is 430 g/mol. The third-order valence-corrected chi connectivity index (χ3v) is 5.87. The maximum Gasteiger partial charge on any atom is 0.238 e. The van der Waals surface area contributed by atoms with Crippen LogP contribution in [-0.4, -0.2) is 57.1 Å². The van der Waals surface area contributed by atoms with Gasteiger partial charge in [0.2, 0.25) is 11.8 Å². The number of likely N-dealkylation sites (tertiary alicyclic amines) is 1. The van der Waals surface area contributed by atoms with E-state index in [9.17, 15) is 9.59 Å². The monoisotopic (exact) mass is 459 g/mol. The normalized spacial score (nSPS) is 14.6. The van der Waals surface area contributed by atoms with Crippen LogP contribution in [0.2, 0.25) is 5.02 Å². The second kappa shape index (κ2) is 11.7. The van der Waals surface area contributed by atoms with Crippen LogP contribution in [0, 0.1) is 5.92 Å². The maximum atomic E-state index is 12.5. The van der Waals surface area contributed by atoms with Gasteiger partial charge in [0, 0.05) is 29.2 Å². The van der Waals surface area contributed by atoms with Crippen molar-refractivity contribution >= 4 is 29.1 Å². The molecule has 0 unspecified atom stereocenters. The molecule has 1 saturated heterocycles. The van der Waals surface area contributed by atoms with Crippen LogP contribution >= 0.6 is 11.6 Å². The molecule has 8 heteroatoms. The van der Waals surface area contributed by atoms with E-state index in [1.165, 1.54) is 0 Å². The Morgan fingerprint density at radius 2 is 1.72 bits per heavy atom. The lowest BCUT2D eigenvalue weighted by atomic mass is 9.96. The van der Waals surface area contributed by atoms with Gasteiger partial charge in [0.1, 0.15) is 0 Å². The first-order valence-corrected chi connectivity index (χ1v) is 11.1. The summed E-state index contributed by atoms with van der Waals surface area (Å²) in [5.41, 5.74) is 1.80. The van der Waals surface area contributed by atoms with Gasteiger partial charge in [-0.25, -0.2) is 0 Å². The first kappa shape index (κ1) is 23.9. The number of hydrogen-bond donors (Lipinski definition) is 2. The van der Waals surface area contributed by atoms with Gasteiger partial charge in [-0.2, -0.15) is 0 Å². The fourth-order valence-electron chi connectivity index (χ4n) is 3.80. The first-order chi connectivity index (χ1) is 15.5. The van der Waals surface area contributed by atoms with Gasteiger partial charge in [0.05, 0.1) is 20.8 Å². The Morgan fingerprint density at radius 3 is 2.38 bits per heavy atom. The number of methoxy groups -OCH3 is 2. The van der Waals surface area contributed by atoms with Crippen LogP contribution in [0.25, 0.3) is 0 Å². The van der Waals surface area contributed by atoms with E-state index in [0.717, 1.165) is 24.8 Å². The second-order valence-electron chi connectivity index (χ2n) is 7.84. The highest BCUT2D eigenvalue weighted by atomic mass is 35.5. The minimum absolute atomic E-state index is 0.00891. The largest absolute Gasteiger partial charge is 0.493 e. The molecule has 1 aliphatic rings. The quantitative estimate of drug-likeness (QED) is 0.601. The molecule has 0 aliphatic carbocycles. The summed E-state index contributed by atoms with van der Waals surface area (Å²) in [6, 6.07) is 12.9. The zero-order valence-corrected chi connectivity index (χ0v) is 19.3. The van der Waals surface area contributed by atoms with Crippen molar-refractivity contribution in [3.63, 3.8) is 0 Å². The smallest absolute Gasteiger partial charge is 0.238 e. The Bertz CT molecular complexity index is 912. The summed E-state index contributed by atoms with van der Waals surface area (Å²) in [4.78, 5) is 27.0. The fourth-order valence-corrected chi connectivity index (χ4v) is 3.92. The van der Waals surface area contributed by atoms with E-state index >= 15 is 0 Å². The highest BCUT2D eigenvalue weighted by Crippen LogP contribution is 2.29. The Kier molecular flexibility index (Phi) is 8.76. The third kappa shape index (κ3) is 6.87. The molecule has 0 spiro atoms. The van der Waals surface area contributed by atoms with E-state index in [-0.39, 0.29) is 17.7 Å². The average molecular weight is 460 g/mol. The van der Waals surface area contributed by atoms with Gasteiger partial charge >= 0.3 is 0 Å². The summed E-state index contributed by atoms with van der Waals surface area (Å²) in [6.45, 7) is 2.33. The number of carbonyl (C=O) groups excluding carboxylic acids is 2. The van der Waals surface area contributed by atoms with Crippen LogP contribution in [0.1, 0.15) is 18.4 Å². The number of benzene rings is 2. The van der Waals surface area contributed by atoms with E-state index in [1.54, 1.807) is 32.4 Å². The molecule has 0 saturated carbocycles. The molecule has 0 radical (unpaired) electrons. The predicted octanol–water partition coefficient (Wildman–Crippen LogP) is 3.37. The van der Waals surface area contributed by atoms with Crippen LogP contribution in [0.15, 0.2) is 42.5 Å². The summed E-state index contributed by atoms with van der Waals surface area (Å²) < 4.78 is 10.5. The predicted molar refractivity (Wildman–Crippen MR) is 126 cm³/mol. The Hall–Kier alpha value is -2.77. The van der Waals surface area contributed by atoms with Crippen molar-refractivity contribution < 1.29 is 19.1 Å². The van der Waals surface area contributed by atoms with Gasteiger partial charge in [0.25, 0.3) is 0 Å². The topological polar surface area (TPSA) is 79.9 Å². The number of nitrogens with one attached hydrogen (secondary N) is 2. The third-order valence-electron chi connectivity index (χ3n) is 5.62. The molecule has 7 nitrogen and oxygen atoms in total. The molecule has 1 heterocycles. The minimum atomic E-state index is -0.0944. The Balaban J connectivity index is 1.38. The Labute approximate surface area is 194 Å². The van der Waals surface area contributed by atoms with Crippen LogP contribution < -0.4 is 20.1 Å². The lowest BCUT2D eigenvalue weighted by Gasteiger charge is -2.30. The van der Waals surface area contributed by atoms with Crippen LogP contribution in [0.3, 0.4) is 0 Å². The molecule has 3 rings (SSSR count). The summed E-state index contributed by atoms with van der Waals surface area (Å²) in [5, 5.41) is 6.63. The number of piperidine rings is 1. The van der Waals surface area contributed by atoms with Gasteiger partial charge in [-0.05, 0) is 62.2 Å². The molecule has 2 N–H and O–H groups in total. The van der Waals surface area contributed by atoms with Crippen molar-refractivity contribution in [1.82, 2.24) is 10.2 Å². The number of halogens is 1. The number of rotatable bonds is 9. The molecule has 0 aromatic heterocycles. The summed E-state index contributed by atoms with van der Waals surface area (Å²) in [6.07, 6.45) is 2.27. The molecule has 1 fully saturated rings. The molecule has 0 atom stereocenters. The van der Waals surface area contributed by atoms with Gasteiger partial charge in [-0.15, -0.1) is 0 Å². The van der Waals surface area contributed by atoms with Crippen LogP contribution in [-0.2, 0) is 16.0 Å². The van der Waals surface area contributed by atoms with Crippen molar-refractivity contribution in [1.29, 1.82) is 0 Å². The molecule has 32 heavy (non-hydrogen) atoms. The number of anilines is 1. The van der Waals surface area contributed by atoms with Crippen LogP contribution in [0.5, 0.6) is 11.5 Å². The van der Waals surface area contributed by atoms with Crippen LogP contribution in [0.4, 0.5) is 5.69 Å². The van der Waals surface area contributed by atoms with E-state index < -0.39 is 0 Å². The molecule has 2 aromatic rings. The average Bonchev–Trinajstić information content (AvgIpc) is 2.80. The van der Waals surface area contributed by atoms with Crippen molar-refractivity contribution in [3.8, 4) is 11.5 Å². The lowest BCUT2D eigenvalue weighted by Crippen LogP contribution is -2.43.